The zero-order valence-electron chi connectivity index (χ0n) is 10.4. The molecule has 1 saturated heterocycles. The van der Waals surface area contributed by atoms with E-state index in [1.165, 1.54) is 12.3 Å². The molecule has 0 saturated carbocycles. The summed E-state index contributed by atoms with van der Waals surface area (Å²) in [4.78, 5) is 35.6. The van der Waals surface area contributed by atoms with E-state index in [9.17, 15) is 19.5 Å². The molecule has 0 aromatic carbocycles. The van der Waals surface area contributed by atoms with Crippen molar-refractivity contribution in [3.8, 4) is 0 Å². The monoisotopic (exact) mass is 282 g/mol. The molecule has 1 aliphatic rings. The Morgan fingerprint density at radius 3 is 2.85 bits per heavy atom. The molecule has 20 heavy (non-hydrogen) atoms. The van der Waals surface area contributed by atoms with Crippen molar-refractivity contribution in [3.63, 3.8) is 0 Å². The van der Waals surface area contributed by atoms with E-state index in [-0.39, 0.29) is 18.6 Å². The first-order valence-electron chi connectivity index (χ1n) is 5.98. The Balaban J connectivity index is 2.37. The smallest absolute Gasteiger partial charge is 0.330 e. The normalized spacial score (nSPS) is 26.2. The lowest BCUT2D eigenvalue weighted by Gasteiger charge is -2.14. The van der Waals surface area contributed by atoms with Crippen molar-refractivity contribution in [3.05, 3.63) is 38.7 Å². The molecule has 8 nitrogen and oxygen atoms in total. The molecule has 0 bridgehead atoms. The summed E-state index contributed by atoms with van der Waals surface area (Å²) in [6.07, 6.45) is 1.82. The molecule has 0 radical (unpaired) electrons. The molecule has 1 aromatic heterocycles. The Bertz CT molecular complexity index is 632. The fourth-order valence-electron chi connectivity index (χ4n) is 2.03. The molecule has 3 N–H and O–H groups in total. The lowest BCUT2D eigenvalue weighted by molar-refractivity contribution is -0.104. The van der Waals surface area contributed by atoms with Gasteiger partial charge in [0.2, 0.25) is 0 Å². The molecule has 2 rings (SSSR count). The Morgan fingerprint density at radius 2 is 2.25 bits per heavy atom. The van der Waals surface area contributed by atoms with E-state index in [0.717, 1.165) is 10.6 Å². The minimum Gasteiger partial charge on any atom is -0.394 e. The zero-order valence-corrected chi connectivity index (χ0v) is 10.4. The van der Waals surface area contributed by atoms with Gasteiger partial charge >= 0.3 is 5.69 Å². The molecule has 1 fully saturated rings. The summed E-state index contributed by atoms with van der Waals surface area (Å²) >= 11 is 0. The fourth-order valence-corrected chi connectivity index (χ4v) is 2.03. The summed E-state index contributed by atoms with van der Waals surface area (Å²) in [6.45, 7) is -0.367. The second kappa shape index (κ2) is 5.95. The number of ether oxygens (including phenoxy) is 1. The van der Waals surface area contributed by atoms with Gasteiger partial charge in [0.05, 0.1) is 18.3 Å². The van der Waals surface area contributed by atoms with E-state index in [1.54, 1.807) is 0 Å². The number of carbonyl (C=O) groups is 1. The third-order valence-electron chi connectivity index (χ3n) is 3.04. The van der Waals surface area contributed by atoms with Gasteiger partial charge in [0, 0.05) is 12.6 Å². The van der Waals surface area contributed by atoms with Crippen LogP contribution in [-0.4, -0.2) is 44.9 Å². The molecule has 2 heterocycles. The highest BCUT2D eigenvalue weighted by Gasteiger charge is 2.35. The molecule has 108 valence electrons. The van der Waals surface area contributed by atoms with Crippen molar-refractivity contribution >= 4 is 12.4 Å². The summed E-state index contributed by atoms with van der Waals surface area (Å²) in [5.41, 5.74) is -1.20. The predicted molar refractivity (Wildman–Crippen MR) is 68.0 cm³/mol. The maximum absolute atomic E-state index is 11.7. The van der Waals surface area contributed by atoms with Gasteiger partial charge in [-0.25, -0.2) is 4.79 Å². The van der Waals surface area contributed by atoms with Crippen molar-refractivity contribution in [2.75, 3.05) is 6.61 Å². The Kier molecular flexibility index (Phi) is 4.28. The largest absolute Gasteiger partial charge is 0.394 e. The van der Waals surface area contributed by atoms with Crippen LogP contribution in [0.25, 0.3) is 6.08 Å². The standard InChI is InChI=1S/C12H14N2O6/c15-3-1-2-7-5-14(12(19)13-11(7)18)10-4-8(17)9(6-16)20-10/h1-3,5,8-10,16-17H,4,6H2,(H,13,18,19)/b2-1+/t8-,9+,10+/m0/s1. The van der Waals surface area contributed by atoms with E-state index in [2.05, 4.69) is 4.98 Å². The van der Waals surface area contributed by atoms with Crippen LogP contribution in [0.3, 0.4) is 0 Å². The highest BCUT2D eigenvalue weighted by molar-refractivity contribution is 5.73. The number of nitrogens with one attached hydrogen (secondary N) is 1. The molecule has 8 heteroatoms. The molecule has 0 spiro atoms. The first-order chi connectivity index (χ1) is 9.56. The van der Waals surface area contributed by atoms with Crippen molar-refractivity contribution in [2.24, 2.45) is 0 Å². The van der Waals surface area contributed by atoms with Gasteiger partial charge in [-0.15, -0.1) is 0 Å². The zero-order chi connectivity index (χ0) is 14.7. The number of rotatable bonds is 4. The fraction of sp³-hybridized carbons (Fsp3) is 0.417. The summed E-state index contributed by atoms with van der Waals surface area (Å²) in [7, 11) is 0. The SMILES string of the molecule is O=C/C=C/c1cn([C@H]2C[C@H](O)[C@@H](CO)O2)c(=O)[nH]c1=O. The minimum absolute atomic E-state index is 0.113. The van der Waals surface area contributed by atoms with E-state index in [4.69, 9.17) is 9.84 Å². The molecular formula is C12H14N2O6. The van der Waals surface area contributed by atoms with Crippen LogP contribution < -0.4 is 11.2 Å². The summed E-state index contributed by atoms with van der Waals surface area (Å²) < 4.78 is 6.45. The molecule has 1 aromatic rings. The van der Waals surface area contributed by atoms with Crippen LogP contribution in [-0.2, 0) is 9.53 Å². The van der Waals surface area contributed by atoms with Crippen molar-refractivity contribution in [1.82, 2.24) is 9.55 Å². The molecule has 0 amide bonds. The lowest BCUT2D eigenvalue weighted by atomic mass is 10.2. The number of carbonyl (C=O) groups excluding carboxylic acids is 1. The molecule has 0 unspecified atom stereocenters. The number of aldehydes is 1. The van der Waals surface area contributed by atoms with Gasteiger partial charge < -0.3 is 14.9 Å². The highest BCUT2D eigenvalue weighted by atomic mass is 16.5. The third-order valence-corrected chi connectivity index (χ3v) is 3.04. The van der Waals surface area contributed by atoms with Crippen LogP contribution in [0.2, 0.25) is 0 Å². The number of aliphatic hydroxyl groups is 2. The average Bonchev–Trinajstić information content (AvgIpc) is 2.79. The van der Waals surface area contributed by atoms with E-state index < -0.39 is 29.7 Å². The minimum atomic E-state index is -0.891. The Labute approximate surface area is 112 Å². The van der Waals surface area contributed by atoms with Gasteiger partial charge in [-0.05, 0) is 12.2 Å². The third kappa shape index (κ3) is 2.77. The van der Waals surface area contributed by atoms with Crippen LogP contribution >= 0.6 is 0 Å². The van der Waals surface area contributed by atoms with Crippen LogP contribution in [0.5, 0.6) is 0 Å². The first kappa shape index (κ1) is 14.4. The van der Waals surface area contributed by atoms with E-state index in [1.807, 2.05) is 0 Å². The number of aliphatic hydroxyl groups excluding tert-OH is 2. The quantitative estimate of drug-likeness (QED) is 0.451. The van der Waals surface area contributed by atoms with Gasteiger partial charge in [0.1, 0.15) is 18.6 Å². The molecule has 1 aliphatic heterocycles. The second-order valence-electron chi connectivity index (χ2n) is 4.36. The Hall–Kier alpha value is -2.03. The van der Waals surface area contributed by atoms with Crippen LogP contribution in [0.1, 0.15) is 18.2 Å². The lowest BCUT2D eigenvalue weighted by Crippen LogP contribution is -2.33. The van der Waals surface area contributed by atoms with Gasteiger partial charge in [-0.1, -0.05) is 0 Å². The summed E-state index contributed by atoms with van der Waals surface area (Å²) in [5.74, 6) is 0. The van der Waals surface area contributed by atoms with Crippen molar-refractivity contribution in [2.45, 2.75) is 24.9 Å². The Morgan fingerprint density at radius 1 is 1.50 bits per heavy atom. The van der Waals surface area contributed by atoms with Crippen molar-refractivity contribution in [1.29, 1.82) is 0 Å². The topological polar surface area (TPSA) is 122 Å². The predicted octanol–water partition coefficient (Wildman–Crippen LogP) is -1.61. The summed E-state index contributed by atoms with van der Waals surface area (Å²) in [6, 6.07) is 0. The maximum atomic E-state index is 11.7. The maximum Gasteiger partial charge on any atom is 0.330 e. The van der Waals surface area contributed by atoms with Gasteiger partial charge in [-0.3, -0.25) is 19.1 Å². The summed E-state index contributed by atoms with van der Waals surface area (Å²) in [5, 5.41) is 18.6. The van der Waals surface area contributed by atoms with E-state index in [0.29, 0.717) is 6.29 Å². The number of H-pyrrole nitrogens is 1. The molecule has 0 aliphatic carbocycles. The van der Waals surface area contributed by atoms with Crippen LogP contribution in [0.4, 0.5) is 0 Å². The van der Waals surface area contributed by atoms with E-state index >= 15 is 0 Å². The molecule has 3 atom stereocenters. The number of aromatic nitrogens is 2. The number of hydrogen-bond acceptors (Lipinski definition) is 6. The van der Waals surface area contributed by atoms with Crippen LogP contribution in [0.15, 0.2) is 21.9 Å². The number of aromatic amines is 1. The van der Waals surface area contributed by atoms with Crippen LogP contribution in [0, 0.1) is 0 Å². The van der Waals surface area contributed by atoms with Gasteiger partial charge in [0.25, 0.3) is 5.56 Å². The number of nitrogens with zero attached hydrogens (tertiary/aromatic N) is 1. The highest BCUT2D eigenvalue weighted by Crippen LogP contribution is 2.27. The average molecular weight is 282 g/mol. The number of allylic oxidation sites excluding steroid dienone is 1. The number of hydrogen-bond donors (Lipinski definition) is 3. The van der Waals surface area contributed by atoms with Crippen molar-refractivity contribution < 1.29 is 19.7 Å². The molecular weight excluding hydrogens is 268 g/mol. The second-order valence-corrected chi connectivity index (χ2v) is 4.36. The van der Waals surface area contributed by atoms with Gasteiger partial charge in [0.15, 0.2) is 0 Å². The first-order valence-corrected chi connectivity index (χ1v) is 5.98. The van der Waals surface area contributed by atoms with Gasteiger partial charge in [-0.2, -0.15) is 0 Å².